The third kappa shape index (κ3) is 3.74. The van der Waals surface area contributed by atoms with Crippen molar-refractivity contribution in [3.8, 4) is 11.3 Å². The monoisotopic (exact) mass is 453 g/mol. The highest BCUT2D eigenvalue weighted by molar-refractivity contribution is 5.92. The minimum atomic E-state index is 0.405. The van der Waals surface area contributed by atoms with Gasteiger partial charge >= 0.3 is 0 Å². The van der Waals surface area contributed by atoms with Crippen LogP contribution in [0.4, 0.5) is 0 Å². The van der Waals surface area contributed by atoms with Gasteiger partial charge in [0.1, 0.15) is 6.33 Å². The van der Waals surface area contributed by atoms with Gasteiger partial charge in [-0.1, -0.05) is 19.9 Å². The lowest BCUT2D eigenvalue weighted by Crippen LogP contribution is -2.34. The molecule has 0 radical (unpaired) electrons. The molecule has 5 heterocycles. The quantitative estimate of drug-likeness (QED) is 0.413. The number of aryl methyl sites for hydroxylation is 1. The molecule has 2 aliphatic heterocycles. The first-order valence-corrected chi connectivity index (χ1v) is 12.3. The summed E-state index contributed by atoms with van der Waals surface area (Å²) in [6, 6.07) is 9.17. The van der Waals surface area contributed by atoms with E-state index in [-0.39, 0.29) is 0 Å². The summed E-state index contributed by atoms with van der Waals surface area (Å²) in [4.78, 5) is 10.6. The lowest BCUT2D eigenvalue weighted by Gasteiger charge is -2.32. The van der Waals surface area contributed by atoms with Crippen LogP contribution < -0.4 is 0 Å². The Morgan fingerprint density at radius 3 is 2.76 bits per heavy atom. The van der Waals surface area contributed by atoms with Crippen LogP contribution in [-0.2, 0) is 0 Å². The maximum Gasteiger partial charge on any atom is 0.155 e. The normalized spacial score (nSPS) is 17.5. The number of azo groups is 1. The zero-order valence-electron chi connectivity index (χ0n) is 20.1. The van der Waals surface area contributed by atoms with Crippen LogP contribution in [0.2, 0.25) is 0 Å². The van der Waals surface area contributed by atoms with Gasteiger partial charge in [0, 0.05) is 29.2 Å². The maximum atomic E-state index is 4.36. The van der Waals surface area contributed by atoms with E-state index in [1.54, 1.807) is 6.33 Å². The summed E-state index contributed by atoms with van der Waals surface area (Å²) in [5.41, 5.74) is 9.87. The number of rotatable bonds is 5. The Morgan fingerprint density at radius 1 is 1.15 bits per heavy atom. The molecule has 1 N–H and O–H groups in total. The molecule has 0 atom stereocenters. The van der Waals surface area contributed by atoms with E-state index in [4.69, 9.17) is 0 Å². The molecule has 0 bridgehead atoms. The van der Waals surface area contributed by atoms with Gasteiger partial charge in [-0.2, -0.15) is 15.3 Å². The highest BCUT2D eigenvalue weighted by Gasteiger charge is 2.24. The topological polar surface area (TPSA) is 73.9 Å². The number of aromatic nitrogens is 4. The average Bonchev–Trinajstić information content (AvgIpc) is 3.58. The second kappa shape index (κ2) is 8.47. The molecule has 7 heteroatoms. The van der Waals surface area contributed by atoms with Crippen molar-refractivity contribution in [1.82, 2.24) is 24.5 Å². The van der Waals surface area contributed by atoms with Gasteiger partial charge in [0.05, 0.1) is 18.4 Å². The van der Waals surface area contributed by atoms with Crippen LogP contribution in [0.5, 0.6) is 0 Å². The number of nitrogens with zero attached hydrogens (tertiary/aromatic N) is 6. The molecule has 7 nitrogen and oxygen atoms in total. The van der Waals surface area contributed by atoms with Crippen LogP contribution in [-0.4, -0.2) is 50.7 Å². The number of likely N-dealkylation sites (tertiary alicyclic amines) is 1. The van der Waals surface area contributed by atoms with Gasteiger partial charge in [0.25, 0.3) is 0 Å². The second-order valence-corrected chi connectivity index (χ2v) is 10.1. The first kappa shape index (κ1) is 21.2. The summed E-state index contributed by atoms with van der Waals surface area (Å²) in [6.07, 6.45) is 8.04. The zero-order chi connectivity index (χ0) is 23.2. The summed E-state index contributed by atoms with van der Waals surface area (Å²) in [5, 5.41) is 13.8. The minimum Gasteiger partial charge on any atom is -0.354 e. The fourth-order valence-electron chi connectivity index (χ4n) is 5.61. The van der Waals surface area contributed by atoms with Gasteiger partial charge in [-0.15, -0.1) is 0 Å². The zero-order valence-corrected chi connectivity index (χ0v) is 20.1. The van der Waals surface area contributed by atoms with Crippen molar-refractivity contribution >= 4 is 16.6 Å². The fraction of sp³-hybridized carbons (Fsp3) is 0.407. The Labute approximate surface area is 199 Å². The van der Waals surface area contributed by atoms with Crippen molar-refractivity contribution in [3.63, 3.8) is 0 Å². The van der Waals surface area contributed by atoms with E-state index in [0.717, 1.165) is 31.8 Å². The smallest absolute Gasteiger partial charge is 0.155 e. The number of hydrogen-bond donors (Lipinski definition) is 1. The van der Waals surface area contributed by atoms with Gasteiger partial charge in [0.2, 0.25) is 0 Å². The molecule has 1 fully saturated rings. The van der Waals surface area contributed by atoms with E-state index >= 15 is 0 Å². The van der Waals surface area contributed by atoms with E-state index in [1.165, 1.54) is 57.3 Å². The number of pyridine rings is 1. The van der Waals surface area contributed by atoms with Crippen molar-refractivity contribution in [3.05, 3.63) is 65.3 Å². The number of fused-ring (bicyclic) bond motifs is 2. The number of nitrogens with one attached hydrogen (secondary N) is 1. The molecule has 1 saturated heterocycles. The standard InChI is InChI=1S/C27H31N7/c1-17(2)26-22-11-21(20-6-8-33(9-7-20)14-19-12-29-30-13-19)4-5-24(22)32-27(26)23-15-34-25(10-18(23)3)28-16-31-34/h4-5,10-12,15-17,20,32H,6-9,13-14H2,1-3H3. The highest BCUT2D eigenvalue weighted by atomic mass is 15.3. The minimum absolute atomic E-state index is 0.405. The predicted octanol–water partition coefficient (Wildman–Crippen LogP) is 5.84. The first-order chi connectivity index (χ1) is 16.6. The summed E-state index contributed by atoms with van der Waals surface area (Å²) >= 11 is 0. The molecule has 0 amide bonds. The molecule has 1 aromatic carbocycles. The molecule has 3 aromatic heterocycles. The Balaban J connectivity index is 1.31. The van der Waals surface area contributed by atoms with E-state index in [1.807, 2.05) is 10.7 Å². The van der Waals surface area contributed by atoms with E-state index < -0.39 is 0 Å². The highest BCUT2D eigenvalue weighted by Crippen LogP contribution is 2.39. The molecule has 0 aliphatic carbocycles. The van der Waals surface area contributed by atoms with Gasteiger partial charge in [-0.25, -0.2) is 9.50 Å². The van der Waals surface area contributed by atoms with Crippen molar-refractivity contribution in [2.45, 2.75) is 45.4 Å². The summed E-state index contributed by atoms with van der Waals surface area (Å²) < 4.78 is 1.86. The molecule has 4 aromatic rings. The van der Waals surface area contributed by atoms with Crippen LogP contribution in [0.15, 0.2) is 58.8 Å². The molecule has 0 unspecified atom stereocenters. The predicted molar refractivity (Wildman–Crippen MR) is 135 cm³/mol. The Hall–Kier alpha value is -3.32. The summed E-state index contributed by atoms with van der Waals surface area (Å²) in [7, 11) is 0. The largest absolute Gasteiger partial charge is 0.354 e. The number of aromatic amines is 1. The molecule has 174 valence electrons. The number of benzene rings is 1. The van der Waals surface area contributed by atoms with Crippen LogP contribution in [0, 0.1) is 6.92 Å². The van der Waals surface area contributed by atoms with Gasteiger partial charge in [0.15, 0.2) is 5.65 Å². The maximum absolute atomic E-state index is 4.36. The lowest BCUT2D eigenvalue weighted by molar-refractivity contribution is 0.228. The average molecular weight is 454 g/mol. The lowest BCUT2D eigenvalue weighted by atomic mass is 9.87. The van der Waals surface area contributed by atoms with E-state index in [0.29, 0.717) is 11.8 Å². The van der Waals surface area contributed by atoms with Crippen LogP contribution in [0.1, 0.15) is 55.2 Å². The molecular weight excluding hydrogens is 422 g/mol. The van der Waals surface area contributed by atoms with Crippen LogP contribution in [0.3, 0.4) is 0 Å². The Bertz CT molecular complexity index is 1410. The van der Waals surface area contributed by atoms with Crippen molar-refractivity contribution < 1.29 is 0 Å². The van der Waals surface area contributed by atoms with Crippen LogP contribution >= 0.6 is 0 Å². The van der Waals surface area contributed by atoms with Gasteiger partial charge < -0.3 is 4.98 Å². The Kier molecular flexibility index (Phi) is 5.29. The van der Waals surface area contributed by atoms with E-state index in [2.05, 4.69) is 81.4 Å². The molecule has 2 aliphatic rings. The molecule has 6 rings (SSSR count). The van der Waals surface area contributed by atoms with Gasteiger partial charge in [-0.05, 0) is 85.2 Å². The summed E-state index contributed by atoms with van der Waals surface area (Å²) in [5.74, 6) is 1.02. The third-order valence-corrected chi connectivity index (χ3v) is 7.41. The fourth-order valence-corrected chi connectivity index (χ4v) is 5.61. The Morgan fingerprint density at radius 2 is 2.00 bits per heavy atom. The molecular formula is C27H31N7. The van der Waals surface area contributed by atoms with Crippen molar-refractivity contribution in [2.24, 2.45) is 10.2 Å². The SMILES string of the molecule is Cc1cc2ncnn2cc1-c1[nH]c2ccc(C3CCN(CC4=CN=NC4)CC3)cc2c1C(C)C. The van der Waals surface area contributed by atoms with Crippen molar-refractivity contribution in [2.75, 3.05) is 26.2 Å². The van der Waals surface area contributed by atoms with E-state index in [9.17, 15) is 0 Å². The first-order valence-electron chi connectivity index (χ1n) is 12.3. The molecule has 0 saturated carbocycles. The number of piperidine rings is 1. The van der Waals surface area contributed by atoms with Crippen molar-refractivity contribution in [1.29, 1.82) is 0 Å². The summed E-state index contributed by atoms with van der Waals surface area (Å²) in [6.45, 7) is 10.8. The van der Waals surface area contributed by atoms with Gasteiger partial charge in [-0.3, -0.25) is 4.90 Å². The number of H-pyrrole nitrogens is 1. The third-order valence-electron chi connectivity index (χ3n) is 7.41. The number of hydrogen-bond acceptors (Lipinski definition) is 5. The van der Waals surface area contributed by atoms with Crippen LogP contribution in [0.25, 0.3) is 27.8 Å². The molecule has 0 spiro atoms. The molecule has 34 heavy (non-hydrogen) atoms. The second-order valence-electron chi connectivity index (χ2n) is 10.1.